The summed E-state index contributed by atoms with van der Waals surface area (Å²) in [6.07, 6.45) is -6.26. The van der Waals surface area contributed by atoms with Gasteiger partial charge in [-0.1, -0.05) is 36.8 Å². The zero-order chi connectivity index (χ0) is 19.4. The van der Waals surface area contributed by atoms with Crippen LogP contribution in [-0.4, -0.2) is 29.7 Å². The first-order valence-corrected chi connectivity index (χ1v) is 5.63. The average molecular weight is 276 g/mol. The van der Waals surface area contributed by atoms with E-state index < -0.39 is 37.6 Å². The number of benzene rings is 1. The Morgan fingerprint density at radius 1 is 1.33 bits per heavy atom. The number of likely N-dealkylation sites (tertiary alicyclic amines) is 1. The number of hydrogen-bond donors (Lipinski definition) is 0. The van der Waals surface area contributed by atoms with E-state index in [0.717, 1.165) is 5.56 Å². The number of carbonyl (C=O) groups is 1. The van der Waals surface area contributed by atoms with Gasteiger partial charge in [-0.05, 0) is 39.1 Å². The van der Waals surface area contributed by atoms with Gasteiger partial charge in [-0.2, -0.15) is 0 Å². The predicted molar refractivity (Wildman–Crippen MR) is 77.6 cm³/mol. The zero-order valence-electron chi connectivity index (χ0n) is 18.4. The van der Waals surface area contributed by atoms with Crippen LogP contribution in [0.2, 0.25) is 0 Å². The number of halogens is 1. The van der Waals surface area contributed by atoms with Crippen molar-refractivity contribution in [2.45, 2.75) is 39.1 Å². The Balaban J connectivity index is 0.00000338. The summed E-state index contributed by atoms with van der Waals surface area (Å²) in [6.45, 7) is -2.60. The zero-order valence-corrected chi connectivity index (χ0v) is 11.2. The molecule has 1 atom stereocenters. The fourth-order valence-corrected chi connectivity index (χ4v) is 1.76. The van der Waals surface area contributed by atoms with Crippen molar-refractivity contribution in [3.63, 3.8) is 0 Å². The van der Waals surface area contributed by atoms with Gasteiger partial charge in [0.25, 0.3) is 0 Å². The maximum Gasteiger partial charge on any atom is 0.179 e. The van der Waals surface area contributed by atoms with Crippen LogP contribution in [-0.2, 0) is 0 Å². The molecule has 0 aromatic heterocycles. The molecule has 0 bridgehead atoms. The van der Waals surface area contributed by atoms with Gasteiger partial charge in [-0.3, -0.25) is 9.69 Å². The van der Waals surface area contributed by atoms with Gasteiger partial charge >= 0.3 is 0 Å². The number of Topliss-reactive ketones (excluding diaryl/α,β-unsaturated/α-hetero) is 1. The molecule has 0 aliphatic carbocycles. The Labute approximate surface area is 127 Å². The standard InChI is InChI=1S/C15H21NO.ClH/c1-3-14(16-10-4-5-11-16)15(17)13-8-6-12(2)7-9-13;/h6-9,14H,3-5,10-11H2,1-2H3;1H/i4D2,5D2,10D2,11D2;. The molecule has 3 heteroatoms. The maximum atomic E-state index is 12.9. The van der Waals surface area contributed by atoms with Gasteiger partial charge < -0.3 is 0 Å². The lowest BCUT2D eigenvalue weighted by atomic mass is 10.00. The molecule has 2 rings (SSSR count). The van der Waals surface area contributed by atoms with Crippen LogP contribution in [0.1, 0.15) is 53.0 Å². The molecule has 1 aromatic carbocycles. The molecule has 1 heterocycles. The minimum atomic E-state index is -3.13. The smallest absolute Gasteiger partial charge is 0.179 e. The van der Waals surface area contributed by atoms with Crippen LogP contribution >= 0.6 is 12.4 Å². The SMILES string of the molecule is Cl.[2H]C1([2H])N(C(CC)C(=O)c2ccc(C)cc2)C([2H])([2H])C([2H])([2H])C1([2H])[2H]. The van der Waals surface area contributed by atoms with Gasteiger partial charge in [0, 0.05) is 16.5 Å². The van der Waals surface area contributed by atoms with Crippen LogP contribution in [0.25, 0.3) is 0 Å². The highest BCUT2D eigenvalue weighted by molar-refractivity contribution is 6.00. The highest BCUT2D eigenvalue weighted by Gasteiger charge is 2.26. The molecule has 2 nitrogen and oxygen atoms in total. The van der Waals surface area contributed by atoms with Crippen molar-refractivity contribution in [1.82, 2.24) is 4.90 Å². The topological polar surface area (TPSA) is 20.3 Å². The Morgan fingerprint density at radius 2 is 1.89 bits per heavy atom. The summed E-state index contributed by atoms with van der Waals surface area (Å²) in [5.41, 5.74) is 1.17. The Bertz CT molecular complexity index is 651. The molecular weight excluding hydrogens is 246 g/mol. The van der Waals surface area contributed by atoms with Crippen molar-refractivity contribution in [3.05, 3.63) is 35.4 Å². The number of carbonyl (C=O) groups excluding carboxylic acids is 1. The Morgan fingerprint density at radius 3 is 2.39 bits per heavy atom. The van der Waals surface area contributed by atoms with Crippen LogP contribution in [0.15, 0.2) is 24.3 Å². The number of aryl methyl sites for hydroxylation is 1. The summed E-state index contributed by atoms with van der Waals surface area (Å²) in [6, 6.07) is 5.16. The lowest BCUT2D eigenvalue weighted by molar-refractivity contribution is 0.0844. The predicted octanol–water partition coefficient (Wildman–Crippen LogP) is 3.47. The average Bonchev–Trinajstić information content (AvgIpc) is 2.57. The van der Waals surface area contributed by atoms with Gasteiger partial charge in [0.1, 0.15) is 0 Å². The first-order chi connectivity index (χ1) is 11.2. The van der Waals surface area contributed by atoms with Crippen molar-refractivity contribution < 1.29 is 15.8 Å². The second-order valence-corrected chi connectivity index (χ2v) is 4.00. The van der Waals surface area contributed by atoms with E-state index in [1.165, 1.54) is 0 Å². The molecule has 1 aliphatic heterocycles. The van der Waals surface area contributed by atoms with Crippen molar-refractivity contribution in [2.75, 3.05) is 13.0 Å². The Hall–Kier alpha value is -0.860. The summed E-state index contributed by atoms with van der Waals surface area (Å²) in [4.78, 5) is 13.3. The summed E-state index contributed by atoms with van der Waals surface area (Å²) >= 11 is 0. The van der Waals surface area contributed by atoms with Gasteiger partial charge in [0.15, 0.2) is 5.78 Å². The van der Waals surface area contributed by atoms with Gasteiger partial charge in [-0.15, -0.1) is 12.4 Å². The quantitative estimate of drug-likeness (QED) is 0.784. The lowest BCUT2D eigenvalue weighted by Gasteiger charge is -2.25. The van der Waals surface area contributed by atoms with Crippen LogP contribution in [0.5, 0.6) is 0 Å². The van der Waals surface area contributed by atoms with E-state index >= 15 is 0 Å². The fraction of sp³-hybridized carbons (Fsp3) is 0.533. The van der Waals surface area contributed by atoms with Crippen molar-refractivity contribution in [1.29, 1.82) is 0 Å². The van der Waals surface area contributed by atoms with E-state index in [1.807, 2.05) is 6.92 Å². The summed E-state index contributed by atoms with van der Waals surface area (Å²) in [5.74, 6) is -0.566. The summed E-state index contributed by atoms with van der Waals surface area (Å²) in [7, 11) is 0. The first-order valence-electron chi connectivity index (χ1n) is 9.63. The number of ketones is 1. The van der Waals surface area contributed by atoms with Crippen molar-refractivity contribution in [3.8, 4) is 0 Å². The molecular formula is C15H22ClNO. The Kier molecular flexibility index (Phi) is 2.71. The maximum absolute atomic E-state index is 12.9. The molecule has 0 amide bonds. The minimum Gasteiger partial charge on any atom is -0.293 e. The summed E-state index contributed by atoms with van der Waals surface area (Å²) in [5, 5.41) is 0. The molecule has 1 fully saturated rings. The van der Waals surface area contributed by atoms with Gasteiger partial charge in [0.05, 0.1) is 6.04 Å². The van der Waals surface area contributed by atoms with Crippen LogP contribution in [0, 0.1) is 6.92 Å². The van der Waals surface area contributed by atoms with E-state index in [0.29, 0.717) is 4.90 Å². The molecule has 0 radical (unpaired) electrons. The van der Waals surface area contributed by atoms with E-state index in [1.54, 1.807) is 31.2 Å². The molecule has 1 aliphatic rings. The van der Waals surface area contributed by atoms with Crippen molar-refractivity contribution >= 4 is 18.2 Å². The highest BCUT2D eigenvalue weighted by Crippen LogP contribution is 2.18. The highest BCUT2D eigenvalue weighted by atomic mass is 35.5. The normalized spacial score (nSPS) is 35.0. The molecule has 0 spiro atoms. The molecule has 0 N–H and O–H groups in total. The second kappa shape index (κ2) is 6.91. The van der Waals surface area contributed by atoms with Crippen molar-refractivity contribution in [2.24, 2.45) is 0 Å². The van der Waals surface area contributed by atoms with Gasteiger partial charge in [0.2, 0.25) is 0 Å². The molecule has 100 valence electrons. The lowest BCUT2D eigenvalue weighted by Crippen LogP contribution is -2.38. The second-order valence-electron chi connectivity index (χ2n) is 4.00. The molecule has 0 saturated carbocycles. The van der Waals surface area contributed by atoms with E-state index in [2.05, 4.69) is 0 Å². The number of hydrogen-bond acceptors (Lipinski definition) is 2. The fourth-order valence-electron chi connectivity index (χ4n) is 1.76. The third-order valence-corrected chi connectivity index (χ3v) is 2.75. The summed E-state index contributed by atoms with van der Waals surface area (Å²) < 4.78 is 63.6. The van der Waals surface area contributed by atoms with E-state index in [-0.39, 0.29) is 24.4 Å². The minimum absolute atomic E-state index is 0. The van der Waals surface area contributed by atoms with Gasteiger partial charge in [-0.25, -0.2) is 0 Å². The van der Waals surface area contributed by atoms with E-state index in [4.69, 9.17) is 11.0 Å². The van der Waals surface area contributed by atoms with Crippen LogP contribution < -0.4 is 0 Å². The third kappa shape index (κ3) is 3.33. The molecule has 18 heavy (non-hydrogen) atoms. The molecule has 1 saturated heterocycles. The number of rotatable bonds is 4. The molecule has 1 unspecified atom stereocenters. The van der Waals surface area contributed by atoms with Crippen LogP contribution in [0.3, 0.4) is 0 Å². The monoisotopic (exact) mass is 275 g/mol. The number of nitrogens with zero attached hydrogens (tertiary/aromatic N) is 1. The van der Waals surface area contributed by atoms with Crippen LogP contribution in [0.4, 0.5) is 0 Å². The largest absolute Gasteiger partial charge is 0.293 e. The first kappa shape index (κ1) is 7.06. The van der Waals surface area contributed by atoms with E-state index in [9.17, 15) is 4.79 Å². The third-order valence-electron chi connectivity index (χ3n) is 2.75. The molecule has 1 aromatic rings.